The number of hydrogen-bond donors (Lipinski definition) is 3. The number of pyridine rings is 1. The standard InChI is InChI=1S/C44H50ClF3N8O5/c1-42(2,61)31-24-34-29(22-35(31)50-39(58)33-4-3-5-37(49-33)44(46,47)48)26-56(52-34)30-10-17-53(18-11-30)25-27-8-13-43(14-9-27)15-20-54(21-16-43)40(59)28-6-7-32(45)36(23-28)55-19-12-38(57)51-41(55)60/h3-7,22-24,26-27,30,61H,8-21,25H2,1-2H3,(H,50,58)(H,51,57,60). The van der Waals surface area contributed by atoms with Gasteiger partial charge in [-0.05, 0) is 119 Å². The molecule has 3 N–H and O–H groups in total. The summed E-state index contributed by atoms with van der Waals surface area (Å²) in [4.78, 5) is 60.2. The largest absolute Gasteiger partial charge is 0.433 e. The summed E-state index contributed by atoms with van der Waals surface area (Å²) in [5, 5.41) is 21.9. The molecule has 3 saturated heterocycles. The SMILES string of the molecule is CC(C)(O)c1cc2nn(C3CCN(CC4CCC5(CC4)CCN(C(=O)c4ccc(Cl)c(N6CCC(=O)NC6=O)c4)CC5)CC3)cc2cc1NC(=O)c1cccc(C(F)(F)F)n1. The monoisotopic (exact) mass is 862 g/mol. The number of nitrogens with one attached hydrogen (secondary N) is 2. The minimum Gasteiger partial charge on any atom is -0.386 e. The lowest BCUT2D eigenvalue weighted by molar-refractivity contribution is -0.141. The molecule has 0 radical (unpaired) electrons. The van der Waals surface area contributed by atoms with Gasteiger partial charge in [-0.2, -0.15) is 18.3 Å². The molecular formula is C44H50ClF3N8O5. The zero-order chi connectivity index (χ0) is 43.3. The van der Waals surface area contributed by atoms with Gasteiger partial charge >= 0.3 is 12.2 Å². The molecular weight excluding hydrogens is 813 g/mol. The number of carbonyl (C=O) groups excluding carboxylic acids is 4. The molecule has 324 valence electrons. The number of rotatable bonds is 8. The summed E-state index contributed by atoms with van der Waals surface area (Å²) in [5.74, 6) is -0.619. The van der Waals surface area contributed by atoms with Gasteiger partial charge in [0.15, 0.2) is 0 Å². The molecule has 1 spiro atoms. The van der Waals surface area contributed by atoms with E-state index in [0.29, 0.717) is 46.4 Å². The fourth-order valence-corrected chi connectivity index (χ4v) is 9.73. The predicted molar refractivity (Wildman–Crippen MR) is 223 cm³/mol. The van der Waals surface area contributed by atoms with Crippen LogP contribution in [0.25, 0.3) is 10.9 Å². The van der Waals surface area contributed by atoms with E-state index in [0.717, 1.165) is 88.5 Å². The molecule has 2 aromatic heterocycles. The van der Waals surface area contributed by atoms with Crippen LogP contribution in [-0.4, -0.2) is 92.7 Å². The molecule has 4 aromatic rings. The van der Waals surface area contributed by atoms with Gasteiger partial charge in [-0.3, -0.25) is 29.3 Å². The van der Waals surface area contributed by atoms with E-state index in [1.807, 2.05) is 15.8 Å². The molecule has 4 fully saturated rings. The van der Waals surface area contributed by atoms with Gasteiger partial charge in [0.25, 0.3) is 11.8 Å². The van der Waals surface area contributed by atoms with E-state index in [1.165, 1.54) is 11.0 Å². The van der Waals surface area contributed by atoms with E-state index in [-0.39, 0.29) is 47.6 Å². The summed E-state index contributed by atoms with van der Waals surface area (Å²) >= 11 is 6.42. The van der Waals surface area contributed by atoms with Crippen LogP contribution in [0.2, 0.25) is 5.02 Å². The zero-order valence-electron chi connectivity index (χ0n) is 34.2. The number of likely N-dealkylation sites (tertiary alicyclic amines) is 2. The molecule has 4 aliphatic rings. The predicted octanol–water partition coefficient (Wildman–Crippen LogP) is 7.78. The fraction of sp³-hybridized carbons (Fsp3) is 0.500. The highest BCUT2D eigenvalue weighted by Crippen LogP contribution is 2.47. The van der Waals surface area contributed by atoms with Crippen molar-refractivity contribution in [3.63, 3.8) is 0 Å². The second-order valence-electron chi connectivity index (χ2n) is 17.7. The van der Waals surface area contributed by atoms with Crippen molar-refractivity contribution in [3.8, 4) is 0 Å². The maximum Gasteiger partial charge on any atom is 0.433 e. The maximum atomic E-state index is 13.6. The van der Waals surface area contributed by atoms with Crippen molar-refractivity contribution in [2.75, 3.05) is 49.5 Å². The number of amides is 5. The zero-order valence-corrected chi connectivity index (χ0v) is 35.0. The Hall–Kier alpha value is -5.06. The second-order valence-corrected chi connectivity index (χ2v) is 18.1. The van der Waals surface area contributed by atoms with Crippen molar-refractivity contribution in [2.24, 2.45) is 11.3 Å². The fourth-order valence-electron chi connectivity index (χ4n) is 9.51. The lowest BCUT2D eigenvalue weighted by Gasteiger charge is -2.47. The number of nitrogens with zero attached hydrogens (tertiary/aromatic N) is 6. The molecule has 8 rings (SSSR count). The van der Waals surface area contributed by atoms with Crippen molar-refractivity contribution in [1.82, 2.24) is 29.9 Å². The number of anilines is 2. The third-order valence-corrected chi connectivity index (χ3v) is 13.4. The van der Waals surface area contributed by atoms with Crippen molar-refractivity contribution >= 4 is 57.6 Å². The van der Waals surface area contributed by atoms with E-state index in [4.69, 9.17) is 16.7 Å². The third kappa shape index (κ3) is 9.26. The normalized spacial score (nSPS) is 19.7. The van der Waals surface area contributed by atoms with Gasteiger partial charge in [0.05, 0.1) is 27.9 Å². The molecule has 0 atom stereocenters. The Morgan fingerprint density at radius 2 is 1.67 bits per heavy atom. The number of aromatic nitrogens is 3. The van der Waals surface area contributed by atoms with Crippen LogP contribution in [0.15, 0.2) is 54.7 Å². The van der Waals surface area contributed by atoms with E-state index in [2.05, 4.69) is 20.5 Å². The van der Waals surface area contributed by atoms with Gasteiger partial charge in [0.1, 0.15) is 11.4 Å². The van der Waals surface area contributed by atoms with Gasteiger partial charge in [-0.15, -0.1) is 0 Å². The molecule has 5 heterocycles. The Bertz CT molecular complexity index is 2340. The number of imide groups is 1. The number of piperidine rings is 2. The lowest BCUT2D eigenvalue weighted by Crippen LogP contribution is -2.49. The Kier molecular flexibility index (Phi) is 11.6. The molecule has 0 bridgehead atoms. The summed E-state index contributed by atoms with van der Waals surface area (Å²) in [5.41, 5.74) is -0.505. The first-order chi connectivity index (χ1) is 28.9. The first-order valence-electron chi connectivity index (χ1n) is 21.0. The molecule has 61 heavy (non-hydrogen) atoms. The van der Waals surface area contributed by atoms with Crippen LogP contribution < -0.4 is 15.5 Å². The van der Waals surface area contributed by atoms with E-state index in [1.54, 1.807) is 44.2 Å². The van der Waals surface area contributed by atoms with Crippen molar-refractivity contribution in [1.29, 1.82) is 0 Å². The minimum absolute atomic E-state index is 0.0797. The van der Waals surface area contributed by atoms with Gasteiger partial charge < -0.3 is 20.2 Å². The number of alkyl halides is 3. The third-order valence-electron chi connectivity index (χ3n) is 13.1. The minimum atomic E-state index is -4.70. The van der Waals surface area contributed by atoms with Crippen molar-refractivity contribution in [3.05, 3.63) is 82.3 Å². The van der Waals surface area contributed by atoms with E-state index in [9.17, 15) is 37.5 Å². The van der Waals surface area contributed by atoms with Gasteiger partial charge in [-0.25, -0.2) is 9.78 Å². The number of halogens is 4. The number of carbonyl (C=O) groups is 4. The van der Waals surface area contributed by atoms with Crippen molar-refractivity contribution in [2.45, 2.75) is 89.5 Å². The number of fused-ring (bicyclic) bond motifs is 1. The highest BCUT2D eigenvalue weighted by molar-refractivity contribution is 6.34. The van der Waals surface area contributed by atoms with Crippen LogP contribution >= 0.6 is 11.6 Å². The van der Waals surface area contributed by atoms with E-state index < -0.39 is 29.4 Å². The maximum absolute atomic E-state index is 13.6. The Morgan fingerprint density at radius 1 is 0.951 bits per heavy atom. The average Bonchev–Trinajstić information content (AvgIpc) is 3.65. The van der Waals surface area contributed by atoms with E-state index >= 15 is 0 Å². The molecule has 2 aromatic carbocycles. The van der Waals surface area contributed by atoms with Crippen LogP contribution in [-0.2, 0) is 16.6 Å². The molecule has 0 unspecified atom stereocenters. The smallest absolute Gasteiger partial charge is 0.386 e. The number of hydrogen-bond acceptors (Lipinski definition) is 8. The average molecular weight is 863 g/mol. The first kappa shape index (κ1) is 42.6. The highest BCUT2D eigenvalue weighted by atomic mass is 35.5. The van der Waals surface area contributed by atoms with Gasteiger partial charge in [0.2, 0.25) is 5.91 Å². The molecule has 5 amide bonds. The van der Waals surface area contributed by atoms with Gasteiger partial charge in [0, 0.05) is 74.1 Å². The summed E-state index contributed by atoms with van der Waals surface area (Å²) < 4.78 is 41.8. The van der Waals surface area contributed by atoms with Crippen LogP contribution in [0, 0.1) is 11.3 Å². The first-order valence-corrected chi connectivity index (χ1v) is 21.4. The second kappa shape index (κ2) is 16.7. The Balaban J connectivity index is 0.827. The topological polar surface area (TPSA) is 153 Å². The summed E-state index contributed by atoms with van der Waals surface area (Å²) in [7, 11) is 0. The molecule has 13 nitrogen and oxygen atoms in total. The van der Waals surface area contributed by atoms with Crippen LogP contribution in [0.1, 0.15) is 110 Å². The Labute approximate surface area is 356 Å². The quantitative estimate of drug-likeness (QED) is 0.163. The molecule has 1 aliphatic carbocycles. The van der Waals surface area contributed by atoms with Crippen LogP contribution in [0.4, 0.5) is 29.3 Å². The van der Waals surface area contributed by atoms with Crippen molar-refractivity contribution < 1.29 is 37.5 Å². The Morgan fingerprint density at radius 3 is 2.34 bits per heavy atom. The molecule has 1 saturated carbocycles. The summed E-state index contributed by atoms with van der Waals surface area (Å²) in [6, 6.07) is 11.2. The summed E-state index contributed by atoms with van der Waals surface area (Å²) in [6.45, 7) is 7.64. The molecule has 3 aliphatic heterocycles. The number of aliphatic hydroxyl groups is 1. The molecule has 17 heteroatoms. The van der Waals surface area contributed by atoms with Crippen LogP contribution in [0.5, 0.6) is 0 Å². The highest BCUT2D eigenvalue weighted by Gasteiger charge is 2.40. The van der Waals surface area contributed by atoms with Crippen LogP contribution in [0.3, 0.4) is 0 Å². The number of benzene rings is 2. The summed E-state index contributed by atoms with van der Waals surface area (Å²) in [6.07, 6.45) is 5.76. The number of urea groups is 1. The lowest BCUT2D eigenvalue weighted by atomic mass is 9.65. The van der Waals surface area contributed by atoms with Gasteiger partial charge in [-0.1, -0.05) is 17.7 Å².